The summed E-state index contributed by atoms with van der Waals surface area (Å²) in [5.41, 5.74) is 7.12. The fourth-order valence-corrected chi connectivity index (χ4v) is 5.14. The smallest absolute Gasteiger partial charge is 0.357 e. The van der Waals surface area contributed by atoms with E-state index in [-0.39, 0.29) is 5.91 Å². The number of hydrogen-bond acceptors (Lipinski definition) is 5. The van der Waals surface area contributed by atoms with Crippen molar-refractivity contribution >= 4 is 24.9 Å². The van der Waals surface area contributed by atoms with Crippen molar-refractivity contribution < 1.29 is 18.8 Å². The normalized spacial score (nSPS) is 17.2. The third kappa shape index (κ3) is 4.40. The number of carbonyl (C=O) groups is 1. The van der Waals surface area contributed by atoms with Crippen molar-refractivity contribution in [3.63, 3.8) is 0 Å². The van der Waals surface area contributed by atoms with Crippen LogP contribution in [0, 0.1) is 0 Å². The summed E-state index contributed by atoms with van der Waals surface area (Å²) in [5, 5.41) is 6.02. The lowest BCUT2D eigenvalue weighted by molar-refractivity contribution is -0.129. The highest BCUT2D eigenvalue weighted by molar-refractivity contribution is 7.65. The second-order valence-electron chi connectivity index (χ2n) is 6.47. The molecule has 0 aromatic heterocycles. The first-order valence-corrected chi connectivity index (χ1v) is 10.6. The number of amides is 1. The minimum Gasteiger partial charge on any atom is -0.497 e. The summed E-state index contributed by atoms with van der Waals surface area (Å²) < 4.78 is 25.6. The molecule has 0 aliphatic carbocycles. The maximum atomic E-state index is 13.9. The Morgan fingerprint density at radius 1 is 0.964 bits per heavy atom. The Kier molecular flexibility index (Phi) is 6.11. The minimum atomic E-state index is -3.56. The lowest BCUT2D eigenvalue weighted by Gasteiger charge is -2.37. The van der Waals surface area contributed by atoms with Crippen LogP contribution in [-0.2, 0) is 9.36 Å². The Balaban J connectivity index is 1.91. The molecule has 3 rings (SSSR count). The first kappa shape index (κ1) is 20.0. The molecule has 0 unspecified atom stereocenters. The Labute approximate surface area is 164 Å². The molecular formula is C19H25N4O4P. The summed E-state index contributed by atoms with van der Waals surface area (Å²) in [6.07, 6.45) is 1.27. The van der Waals surface area contributed by atoms with Crippen molar-refractivity contribution in [3.05, 3.63) is 48.5 Å². The Hall–Kier alpha value is -2.70. The zero-order chi connectivity index (χ0) is 20.1. The monoisotopic (exact) mass is 404 g/mol. The average Bonchev–Trinajstić information content (AvgIpc) is 2.71. The van der Waals surface area contributed by atoms with E-state index in [2.05, 4.69) is 10.2 Å². The van der Waals surface area contributed by atoms with Gasteiger partial charge in [0, 0.05) is 17.9 Å². The van der Waals surface area contributed by atoms with Crippen LogP contribution < -0.4 is 25.4 Å². The predicted octanol–water partition coefficient (Wildman–Crippen LogP) is 3.29. The van der Waals surface area contributed by atoms with Gasteiger partial charge in [-0.15, -0.1) is 0 Å². The number of piperidine rings is 1. The number of methoxy groups -OCH3 is 2. The van der Waals surface area contributed by atoms with Gasteiger partial charge >= 0.3 is 7.59 Å². The Bertz CT molecular complexity index is 804. The number of nitrogens with two attached hydrogens (primary N) is 1. The highest BCUT2D eigenvalue weighted by atomic mass is 31.2. The van der Waals surface area contributed by atoms with E-state index in [0.29, 0.717) is 42.3 Å². The SMILES string of the molecule is COc1ccc(NP(=O)(Nc2ccc(OC)cc2)N2CCC[C@H](N)C2=O)cc1. The van der Waals surface area contributed by atoms with E-state index in [1.807, 2.05) is 0 Å². The first-order valence-electron chi connectivity index (χ1n) is 8.97. The molecule has 1 atom stereocenters. The largest absolute Gasteiger partial charge is 0.497 e. The molecule has 150 valence electrons. The second kappa shape index (κ2) is 8.54. The van der Waals surface area contributed by atoms with Gasteiger partial charge in [0.25, 0.3) is 0 Å². The summed E-state index contributed by atoms with van der Waals surface area (Å²) in [4.78, 5) is 12.7. The van der Waals surface area contributed by atoms with Crippen LogP contribution in [-0.4, -0.2) is 37.4 Å². The summed E-state index contributed by atoms with van der Waals surface area (Å²) in [7, 11) is -0.406. The molecule has 1 aliphatic rings. The fraction of sp³-hybridized carbons (Fsp3) is 0.316. The van der Waals surface area contributed by atoms with Crippen LogP contribution in [0.15, 0.2) is 48.5 Å². The zero-order valence-corrected chi connectivity index (χ0v) is 16.8. The van der Waals surface area contributed by atoms with E-state index in [0.717, 1.165) is 0 Å². The quantitative estimate of drug-likeness (QED) is 0.608. The number of nitrogens with zero attached hydrogens (tertiary/aromatic N) is 1. The minimum absolute atomic E-state index is 0.336. The number of ether oxygens (including phenoxy) is 2. The van der Waals surface area contributed by atoms with Gasteiger partial charge in [-0.1, -0.05) is 0 Å². The summed E-state index contributed by atoms with van der Waals surface area (Å²) in [5.74, 6) is 1.02. The summed E-state index contributed by atoms with van der Waals surface area (Å²) in [6.45, 7) is 0.357. The van der Waals surface area contributed by atoms with Crippen LogP contribution in [0.4, 0.5) is 11.4 Å². The van der Waals surface area contributed by atoms with Gasteiger partial charge in [0.05, 0.1) is 20.3 Å². The number of benzene rings is 2. The molecule has 2 aromatic rings. The van der Waals surface area contributed by atoms with E-state index in [9.17, 15) is 9.36 Å². The molecule has 1 fully saturated rings. The van der Waals surface area contributed by atoms with Crippen molar-refractivity contribution in [2.75, 3.05) is 30.9 Å². The Morgan fingerprint density at radius 3 is 1.86 bits per heavy atom. The molecule has 1 heterocycles. The van der Waals surface area contributed by atoms with E-state index in [1.165, 1.54) is 4.67 Å². The van der Waals surface area contributed by atoms with Crippen molar-refractivity contribution in [2.45, 2.75) is 18.9 Å². The molecule has 0 radical (unpaired) electrons. The van der Waals surface area contributed by atoms with Gasteiger partial charge in [0.2, 0.25) is 5.91 Å². The van der Waals surface area contributed by atoms with Crippen molar-refractivity contribution in [3.8, 4) is 11.5 Å². The zero-order valence-electron chi connectivity index (χ0n) is 15.9. The van der Waals surface area contributed by atoms with Gasteiger partial charge < -0.3 is 25.4 Å². The fourth-order valence-electron chi connectivity index (χ4n) is 3.00. The van der Waals surface area contributed by atoms with E-state index < -0.39 is 13.6 Å². The summed E-state index contributed by atoms with van der Waals surface area (Å²) in [6, 6.07) is 13.3. The van der Waals surface area contributed by atoms with E-state index >= 15 is 0 Å². The molecule has 0 saturated carbocycles. The molecule has 0 spiro atoms. The van der Waals surface area contributed by atoms with Gasteiger partial charge in [-0.25, -0.2) is 0 Å². The molecule has 4 N–H and O–H groups in total. The number of carbonyl (C=O) groups excluding carboxylic acids is 1. The predicted molar refractivity (Wildman–Crippen MR) is 110 cm³/mol. The van der Waals surface area contributed by atoms with Crippen LogP contribution >= 0.6 is 7.59 Å². The van der Waals surface area contributed by atoms with Crippen molar-refractivity contribution in [2.24, 2.45) is 5.73 Å². The molecule has 9 heteroatoms. The number of hydrogen-bond donors (Lipinski definition) is 3. The molecule has 8 nitrogen and oxygen atoms in total. The van der Waals surface area contributed by atoms with Crippen molar-refractivity contribution in [1.82, 2.24) is 4.67 Å². The molecule has 1 aliphatic heterocycles. The van der Waals surface area contributed by atoms with Crippen LogP contribution in [0.3, 0.4) is 0 Å². The van der Waals surface area contributed by atoms with Gasteiger partial charge in [0.1, 0.15) is 11.5 Å². The highest BCUT2D eigenvalue weighted by Crippen LogP contribution is 2.50. The van der Waals surface area contributed by atoms with E-state index in [1.54, 1.807) is 62.8 Å². The second-order valence-corrected chi connectivity index (χ2v) is 8.55. The standard InChI is InChI=1S/C19H25N4O4P/c1-26-16-9-5-14(6-10-16)21-28(25,23-13-3-4-18(20)19(23)24)22-15-7-11-17(27-2)12-8-15/h5-12,18H,3-4,13,20H2,1-2H3,(H2,21,22,25)/t18-/m0/s1. The van der Waals surface area contributed by atoms with Crippen molar-refractivity contribution in [1.29, 1.82) is 0 Å². The molecule has 0 bridgehead atoms. The first-order chi connectivity index (χ1) is 13.4. The maximum Gasteiger partial charge on any atom is 0.357 e. The molecular weight excluding hydrogens is 379 g/mol. The molecule has 1 saturated heterocycles. The van der Waals surface area contributed by atoms with Crippen LogP contribution in [0.25, 0.3) is 0 Å². The van der Waals surface area contributed by atoms with Gasteiger partial charge in [-0.3, -0.25) is 14.0 Å². The van der Waals surface area contributed by atoms with Crippen LogP contribution in [0.1, 0.15) is 12.8 Å². The maximum absolute atomic E-state index is 13.9. The summed E-state index contributed by atoms with van der Waals surface area (Å²) >= 11 is 0. The number of rotatable bonds is 7. The third-order valence-corrected chi connectivity index (χ3v) is 6.74. The van der Waals surface area contributed by atoms with Gasteiger partial charge in [-0.05, 0) is 61.4 Å². The highest BCUT2D eigenvalue weighted by Gasteiger charge is 2.39. The lowest BCUT2D eigenvalue weighted by atomic mass is 10.1. The van der Waals surface area contributed by atoms with Crippen LogP contribution in [0.5, 0.6) is 11.5 Å². The average molecular weight is 404 g/mol. The molecule has 28 heavy (non-hydrogen) atoms. The Morgan fingerprint density at radius 2 is 1.43 bits per heavy atom. The van der Waals surface area contributed by atoms with Crippen LogP contribution in [0.2, 0.25) is 0 Å². The van der Waals surface area contributed by atoms with E-state index in [4.69, 9.17) is 15.2 Å². The van der Waals surface area contributed by atoms with Gasteiger partial charge in [-0.2, -0.15) is 0 Å². The lowest BCUT2D eigenvalue weighted by Crippen LogP contribution is -2.48. The molecule has 1 amide bonds. The topological polar surface area (TPSA) is 106 Å². The number of nitrogens with one attached hydrogen (secondary N) is 2. The third-order valence-electron chi connectivity index (χ3n) is 4.54. The number of anilines is 2. The molecule has 2 aromatic carbocycles. The van der Waals surface area contributed by atoms with Gasteiger partial charge in [0.15, 0.2) is 0 Å².